The predicted molar refractivity (Wildman–Crippen MR) is 89.1 cm³/mol. The molecule has 1 heterocycles. The van der Waals surface area contributed by atoms with Gasteiger partial charge in [-0.15, -0.1) is 0 Å². The minimum atomic E-state index is -1.09. The van der Waals surface area contributed by atoms with Crippen LogP contribution in [0.3, 0.4) is 0 Å². The van der Waals surface area contributed by atoms with Crippen LogP contribution in [0.5, 0.6) is 5.88 Å². The Bertz CT molecular complexity index is 660. The van der Waals surface area contributed by atoms with E-state index >= 15 is 0 Å². The van der Waals surface area contributed by atoms with Gasteiger partial charge in [0.1, 0.15) is 11.8 Å². The van der Waals surface area contributed by atoms with Crippen molar-refractivity contribution in [2.24, 2.45) is 4.99 Å². The second-order valence-electron chi connectivity index (χ2n) is 6.74. The molecular weight excluding hydrogens is 310 g/mol. The third kappa shape index (κ3) is 4.14. The quantitative estimate of drug-likeness (QED) is 0.862. The van der Waals surface area contributed by atoms with Gasteiger partial charge < -0.3 is 14.6 Å². The van der Waals surface area contributed by atoms with Gasteiger partial charge in [0, 0.05) is 13.2 Å². The van der Waals surface area contributed by atoms with E-state index in [2.05, 4.69) is 16.9 Å². The summed E-state index contributed by atoms with van der Waals surface area (Å²) in [4.78, 5) is 20.0. The molecule has 0 spiro atoms. The maximum atomic E-state index is 11.6. The number of aromatic nitrogens is 2. The molecule has 1 fully saturated rings. The highest BCUT2D eigenvalue weighted by Gasteiger charge is 2.32. The Morgan fingerprint density at radius 3 is 2.50 bits per heavy atom. The van der Waals surface area contributed by atoms with E-state index in [1.807, 2.05) is 20.8 Å². The van der Waals surface area contributed by atoms with E-state index in [1.54, 1.807) is 11.6 Å². The standard InChI is InChI=1S/C17H27N3O4/c1-11(2)23-14-13(15(21)22)10-20(16(18-5)19-14)12(3)24-17(4)8-6-7-9-17/h10-12H,6-9H2,1-5H3,(H,21,22). The third-order valence-electron chi connectivity index (χ3n) is 4.22. The van der Waals surface area contributed by atoms with Crippen LogP contribution in [0.2, 0.25) is 0 Å². The molecule has 24 heavy (non-hydrogen) atoms. The van der Waals surface area contributed by atoms with Gasteiger partial charge in [-0.05, 0) is 40.5 Å². The van der Waals surface area contributed by atoms with Crippen molar-refractivity contribution in [2.45, 2.75) is 71.3 Å². The molecule has 1 aromatic rings. The van der Waals surface area contributed by atoms with Crippen LogP contribution in [0.1, 0.15) is 70.0 Å². The first-order valence-electron chi connectivity index (χ1n) is 8.39. The van der Waals surface area contributed by atoms with Crippen molar-refractivity contribution < 1.29 is 19.4 Å². The zero-order chi connectivity index (χ0) is 17.9. The van der Waals surface area contributed by atoms with Gasteiger partial charge in [0.25, 0.3) is 0 Å². The van der Waals surface area contributed by atoms with E-state index in [4.69, 9.17) is 9.47 Å². The molecule has 0 aliphatic heterocycles. The van der Waals surface area contributed by atoms with Crippen molar-refractivity contribution in [1.29, 1.82) is 0 Å². The smallest absolute Gasteiger partial charge is 0.342 e. The number of carboxylic acids is 1. The van der Waals surface area contributed by atoms with Crippen LogP contribution in [-0.2, 0) is 4.74 Å². The Labute approximate surface area is 142 Å². The highest BCUT2D eigenvalue weighted by Crippen LogP contribution is 2.35. The minimum absolute atomic E-state index is 0.00289. The van der Waals surface area contributed by atoms with Crippen LogP contribution in [0.25, 0.3) is 0 Å². The molecule has 1 atom stereocenters. The summed E-state index contributed by atoms with van der Waals surface area (Å²) in [6, 6.07) is 0. The number of rotatable bonds is 6. The minimum Gasteiger partial charge on any atom is -0.477 e. The second-order valence-corrected chi connectivity index (χ2v) is 6.74. The molecule has 1 aliphatic rings. The van der Waals surface area contributed by atoms with Gasteiger partial charge in [0.2, 0.25) is 11.5 Å². The number of aromatic carboxylic acids is 1. The lowest BCUT2D eigenvalue weighted by atomic mass is 10.1. The fourth-order valence-corrected chi connectivity index (χ4v) is 3.06. The molecule has 0 bridgehead atoms. The van der Waals surface area contributed by atoms with Gasteiger partial charge >= 0.3 is 5.97 Å². The molecule has 7 heteroatoms. The summed E-state index contributed by atoms with van der Waals surface area (Å²) in [5.74, 6) is -1.01. The first-order chi connectivity index (χ1) is 11.3. The fraction of sp³-hybridized carbons (Fsp3) is 0.706. The number of hydrogen-bond donors (Lipinski definition) is 1. The van der Waals surface area contributed by atoms with E-state index in [0.717, 1.165) is 25.7 Å². The number of carboxylic acid groups (broad SMARTS) is 1. The SMILES string of the molecule is CN=c1nc(OC(C)C)c(C(=O)O)cn1C(C)OC1(C)CCCC1. The van der Waals surface area contributed by atoms with Gasteiger partial charge in [0.05, 0.1) is 11.7 Å². The van der Waals surface area contributed by atoms with Crippen LogP contribution >= 0.6 is 0 Å². The van der Waals surface area contributed by atoms with Crippen LogP contribution in [0.15, 0.2) is 11.2 Å². The maximum absolute atomic E-state index is 11.6. The number of hydrogen-bond acceptors (Lipinski definition) is 5. The van der Waals surface area contributed by atoms with E-state index in [-0.39, 0.29) is 29.4 Å². The van der Waals surface area contributed by atoms with Gasteiger partial charge in [-0.25, -0.2) is 4.79 Å². The van der Waals surface area contributed by atoms with Gasteiger partial charge in [-0.1, -0.05) is 12.8 Å². The Morgan fingerprint density at radius 2 is 2.00 bits per heavy atom. The van der Waals surface area contributed by atoms with E-state index in [9.17, 15) is 9.90 Å². The second kappa shape index (κ2) is 7.34. The van der Waals surface area contributed by atoms with Crippen LogP contribution in [-0.4, -0.2) is 39.4 Å². The summed E-state index contributed by atoms with van der Waals surface area (Å²) in [7, 11) is 1.61. The highest BCUT2D eigenvalue weighted by molar-refractivity contribution is 5.89. The van der Waals surface area contributed by atoms with Crippen molar-refractivity contribution in [2.75, 3.05) is 7.05 Å². The lowest BCUT2D eigenvalue weighted by Gasteiger charge is -2.30. The summed E-state index contributed by atoms with van der Waals surface area (Å²) < 4.78 is 13.4. The van der Waals surface area contributed by atoms with Crippen LogP contribution in [0.4, 0.5) is 0 Å². The van der Waals surface area contributed by atoms with Gasteiger partial charge in [-0.3, -0.25) is 9.56 Å². The number of carbonyl (C=O) groups is 1. The number of nitrogens with zero attached hydrogens (tertiary/aromatic N) is 3. The molecule has 0 amide bonds. The average molecular weight is 337 g/mol. The molecule has 0 saturated heterocycles. The Hall–Kier alpha value is -1.89. The molecule has 2 rings (SSSR count). The molecule has 1 saturated carbocycles. The summed E-state index contributed by atoms with van der Waals surface area (Å²) in [6.45, 7) is 7.63. The first-order valence-corrected chi connectivity index (χ1v) is 8.39. The summed E-state index contributed by atoms with van der Waals surface area (Å²) in [6.07, 6.45) is 5.26. The highest BCUT2D eigenvalue weighted by atomic mass is 16.5. The topological polar surface area (TPSA) is 85.9 Å². The predicted octanol–water partition coefficient (Wildman–Crippen LogP) is 2.77. The number of ether oxygens (including phenoxy) is 2. The molecule has 0 radical (unpaired) electrons. The van der Waals surface area contributed by atoms with Gasteiger partial charge in [-0.2, -0.15) is 4.98 Å². The van der Waals surface area contributed by atoms with E-state index in [0.29, 0.717) is 5.62 Å². The molecule has 1 aliphatic carbocycles. The molecular formula is C17H27N3O4. The monoisotopic (exact) mass is 337 g/mol. The summed E-state index contributed by atoms with van der Waals surface area (Å²) >= 11 is 0. The van der Waals surface area contributed by atoms with Gasteiger partial charge in [0.15, 0.2) is 0 Å². The van der Waals surface area contributed by atoms with Crippen molar-refractivity contribution in [1.82, 2.24) is 9.55 Å². The zero-order valence-corrected chi connectivity index (χ0v) is 15.1. The molecule has 134 valence electrons. The van der Waals surface area contributed by atoms with Crippen LogP contribution < -0.4 is 10.4 Å². The Balaban J connectivity index is 2.41. The van der Waals surface area contributed by atoms with Crippen LogP contribution in [0, 0.1) is 0 Å². The van der Waals surface area contributed by atoms with E-state index < -0.39 is 5.97 Å². The zero-order valence-electron chi connectivity index (χ0n) is 15.1. The average Bonchev–Trinajstić information content (AvgIpc) is 2.91. The lowest BCUT2D eigenvalue weighted by molar-refractivity contribution is -0.106. The van der Waals surface area contributed by atoms with Crippen molar-refractivity contribution in [3.8, 4) is 5.88 Å². The molecule has 7 nitrogen and oxygen atoms in total. The Kier molecular flexibility index (Phi) is 5.64. The molecule has 1 N–H and O–H groups in total. The van der Waals surface area contributed by atoms with Crippen molar-refractivity contribution in [3.05, 3.63) is 17.4 Å². The fourth-order valence-electron chi connectivity index (χ4n) is 3.06. The molecule has 1 aromatic heterocycles. The molecule has 1 unspecified atom stereocenters. The lowest BCUT2D eigenvalue weighted by Crippen LogP contribution is -2.35. The maximum Gasteiger partial charge on any atom is 0.342 e. The normalized spacial score (nSPS) is 18.8. The Morgan fingerprint density at radius 1 is 1.38 bits per heavy atom. The summed E-state index contributed by atoms with van der Waals surface area (Å²) in [5.41, 5.74) is 0.196. The molecule has 0 aromatic carbocycles. The third-order valence-corrected chi connectivity index (χ3v) is 4.22. The van der Waals surface area contributed by atoms with Crippen molar-refractivity contribution >= 4 is 5.97 Å². The first kappa shape index (κ1) is 18.4. The summed E-state index contributed by atoms with van der Waals surface area (Å²) in [5, 5.41) is 9.48. The van der Waals surface area contributed by atoms with Crippen molar-refractivity contribution in [3.63, 3.8) is 0 Å². The van der Waals surface area contributed by atoms with E-state index in [1.165, 1.54) is 6.20 Å². The largest absolute Gasteiger partial charge is 0.477 e.